The maximum absolute atomic E-state index is 3.54. The molecule has 15 heavy (non-hydrogen) atoms. The first-order valence-electron chi connectivity index (χ1n) is 7.08. The molecule has 0 bridgehead atoms. The summed E-state index contributed by atoms with van der Waals surface area (Å²) in [6, 6.07) is 0.769. The van der Waals surface area contributed by atoms with E-state index in [2.05, 4.69) is 26.1 Å². The smallest absolute Gasteiger partial charge is 0.00643 e. The Morgan fingerprint density at radius 1 is 0.800 bits per heavy atom. The van der Waals surface area contributed by atoms with Crippen LogP contribution in [-0.2, 0) is 0 Å². The van der Waals surface area contributed by atoms with Gasteiger partial charge in [0.2, 0.25) is 0 Å². The van der Waals surface area contributed by atoms with E-state index >= 15 is 0 Å². The first-order valence-corrected chi connectivity index (χ1v) is 7.08. The fourth-order valence-electron chi connectivity index (χ4n) is 2.09. The number of hydrogen-bond donors (Lipinski definition) is 1. The Balaban J connectivity index is 3.14. The zero-order chi connectivity index (χ0) is 11.4. The lowest BCUT2D eigenvalue weighted by Crippen LogP contribution is -2.27. The molecule has 1 unspecified atom stereocenters. The molecule has 0 saturated heterocycles. The Morgan fingerprint density at radius 2 is 1.40 bits per heavy atom. The van der Waals surface area contributed by atoms with Crippen LogP contribution < -0.4 is 5.32 Å². The predicted molar refractivity (Wildman–Crippen MR) is 70.4 cm³/mol. The molecule has 1 N–H and O–H groups in total. The van der Waals surface area contributed by atoms with Crippen molar-refractivity contribution in [2.75, 3.05) is 6.54 Å². The Labute approximate surface area is 97.0 Å². The quantitative estimate of drug-likeness (QED) is 0.498. The Bertz CT molecular complexity index is 112. The number of rotatable bonds is 11. The third-order valence-electron chi connectivity index (χ3n) is 3.14. The lowest BCUT2D eigenvalue weighted by atomic mass is 10.0. The number of hydrogen-bond acceptors (Lipinski definition) is 1. The summed E-state index contributed by atoms with van der Waals surface area (Å²) in [6.45, 7) is 7.89. The number of unbranched alkanes of at least 4 members (excludes halogenated alkanes) is 6. The number of nitrogens with one attached hydrogen (secondary N) is 1. The van der Waals surface area contributed by atoms with Gasteiger partial charge in [0, 0.05) is 6.04 Å². The Hall–Kier alpha value is -0.0400. The minimum absolute atomic E-state index is 0.769. The molecule has 0 aromatic carbocycles. The van der Waals surface area contributed by atoms with Gasteiger partial charge in [-0.2, -0.15) is 0 Å². The van der Waals surface area contributed by atoms with E-state index in [0.717, 1.165) is 12.6 Å². The minimum Gasteiger partial charge on any atom is -0.314 e. The highest BCUT2D eigenvalue weighted by molar-refractivity contribution is 4.63. The summed E-state index contributed by atoms with van der Waals surface area (Å²) in [5.41, 5.74) is 0. The van der Waals surface area contributed by atoms with E-state index in [0.29, 0.717) is 0 Å². The van der Waals surface area contributed by atoms with E-state index in [1.54, 1.807) is 0 Å². The maximum atomic E-state index is 3.54. The lowest BCUT2D eigenvalue weighted by Gasteiger charge is -2.15. The topological polar surface area (TPSA) is 12.0 Å². The van der Waals surface area contributed by atoms with Crippen molar-refractivity contribution in [2.24, 2.45) is 0 Å². The average Bonchev–Trinajstić information content (AvgIpc) is 2.26. The van der Waals surface area contributed by atoms with Crippen LogP contribution in [0.15, 0.2) is 0 Å². The van der Waals surface area contributed by atoms with Crippen LogP contribution in [0.2, 0.25) is 0 Å². The van der Waals surface area contributed by atoms with E-state index in [1.165, 1.54) is 57.8 Å². The van der Waals surface area contributed by atoms with Gasteiger partial charge < -0.3 is 5.32 Å². The molecule has 0 aliphatic heterocycles. The first-order chi connectivity index (χ1) is 7.35. The van der Waals surface area contributed by atoms with Gasteiger partial charge in [-0.1, -0.05) is 65.7 Å². The lowest BCUT2D eigenvalue weighted by molar-refractivity contribution is 0.451. The molecular formula is C14H31N. The monoisotopic (exact) mass is 213 g/mol. The summed E-state index contributed by atoms with van der Waals surface area (Å²) in [5, 5.41) is 3.54. The zero-order valence-electron chi connectivity index (χ0n) is 11.1. The van der Waals surface area contributed by atoms with Crippen molar-refractivity contribution >= 4 is 0 Å². The molecule has 0 radical (unpaired) electrons. The van der Waals surface area contributed by atoms with Crippen molar-refractivity contribution in [1.82, 2.24) is 5.32 Å². The normalized spacial score (nSPS) is 13.0. The van der Waals surface area contributed by atoms with Gasteiger partial charge in [-0.15, -0.1) is 0 Å². The molecule has 0 saturated carbocycles. The summed E-state index contributed by atoms with van der Waals surface area (Å²) in [4.78, 5) is 0. The van der Waals surface area contributed by atoms with E-state index in [4.69, 9.17) is 0 Å². The summed E-state index contributed by atoms with van der Waals surface area (Å²) in [7, 11) is 0. The van der Waals surface area contributed by atoms with E-state index in [-0.39, 0.29) is 0 Å². The first kappa shape index (κ1) is 15.0. The van der Waals surface area contributed by atoms with Gasteiger partial charge in [0.05, 0.1) is 0 Å². The SMILES string of the molecule is CCCCCCCCCC(CC)NCC. The molecule has 92 valence electrons. The zero-order valence-corrected chi connectivity index (χ0v) is 11.1. The largest absolute Gasteiger partial charge is 0.314 e. The van der Waals surface area contributed by atoms with Gasteiger partial charge in [-0.25, -0.2) is 0 Å². The van der Waals surface area contributed by atoms with Crippen molar-refractivity contribution in [3.8, 4) is 0 Å². The summed E-state index contributed by atoms with van der Waals surface area (Å²) < 4.78 is 0. The molecule has 0 rings (SSSR count). The van der Waals surface area contributed by atoms with Crippen molar-refractivity contribution in [3.05, 3.63) is 0 Å². The molecule has 0 aromatic rings. The van der Waals surface area contributed by atoms with Crippen LogP contribution in [0.3, 0.4) is 0 Å². The van der Waals surface area contributed by atoms with Gasteiger partial charge in [0.25, 0.3) is 0 Å². The van der Waals surface area contributed by atoms with Crippen LogP contribution >= 0.6 is 0 Å². The minimum atomic E-state index is 0.769. The van der Waals surface area contributed by atoms with Gasteiger partial charge in [-0.3, -0.25) is 0 Å². The van der Waals surface area contributed by atoms with Crippen molar-refractivity contribution < 1.29 is 0 Å². The van der Waals surface area contributed by atoms with Crippen LogP contribution in [0.5, 0.6) is 0 Å². The van der Waals surface area contributed by atoms with Crippen LogP contribution in [0.25, 0.3) is 0 Å². The summed E-state index contributed by atoms with van der Waals surface area (Å²) in [6.07, 6.45) is 12.6. The van der Waals surface area contributed by atoms with Crippen LogP contribution in [0, 0.1) is 0 Å². The van der Waals surface area contributed by atoms with E-state index in [9.17, 15) is 0 Å². The second-order valence-electron chi connectivity index (χ2n) is 4.57. The van der Waals surface area contributed by atoms with Crippen molar-refractivity contribution in [1.29, 1.82) is 0 Å². The molecule has 0 aromatic heterocycles. The molecular weight excluding hydrogens is 182 g/mol. The van der Waals surface area contributed by atoms with Crippen LogP contribution in [0.4, 0.5) is 0 Å². The molecule has 0 amide bonds. The highest BCUT2D eigenvalue weighted by Crippen LogP contribution is 2.10. The fourth-order valence-corrected chi connectivity index (χ4v) is 2.09. The third kappa shape index (κ3) is 10.2. The summed E-state index contributed by atoms with van der Waals surface area (Å²) in [5.74, 6) is 0. The fraction of sp³-hybridized carbons (Fsp3) is 1.00. The molecule has 1 nitrogen and oxygen atoms in total. The molecule has 0 aliphatic rings. The van der Waals surface area contributed by atoms with E-state index in [1.807, 2.05) is 0 Å². The predicted octanol–water partition coefficient (Wildman–Crippen LogP) is 4.52. The van der Waals surface area contributed by atoms with Crippen LogP contribution in [-0.4, -0.2) is 12.6 Å². The standard InChI is InChI=1S/C14H31N/c1-4-7-8-9-10-11-12-13-14(5-2)15-6-3/h14-15H,4-13H2,1-3H3. The third-order valence-corrected chi connectivity index (χ3v) is 3.14. The van der Waals surface area contributed by atoms with Gasteiger partial charge >= 0.3 is 0 Å². The van der Waals surface area contributed by atoms with Gasteiger partial charge in [0.15, 0.2) is 0 Å². The maximum Gasteiger partial charge on any atom is 0.00643 e. The molecule has 1 heteroatoms. The highest BCUT2D eigenvalue weighted by Gasteiger charge is 2.02. The van der Waals surface area contributed by atoms with Crippen molar-refractivity contribution in [3.63, 3.8) is 0 Å². The van der Waals surface area contributed by atoms with Gasteiger partial charge in [0.1, 0.15) is 0 Å². The second-order valence-corrected chi connectivity index (χ2v) is 4.57. The Kier molecular flexibility index (Phi) is 12.0. The molecule has 0 heterocycles. The average molecular weight is 213 g/mol. The van der Waals surface area contributed by atoms with E-state index < -0.39 is 0 Å². The van der Waals surface area contributed by atoms with Crippen LogP contribution in [0.1, 0.15) is 78.6 Å². The highest BCUT2D eigenvalue weighted by atomic mass is 14.9. The molecule has 1 atom stereocenters. The van der Waals surface area contributed by atoms with Gasteiger partial charge in [-0.05, 0) is 19.4 Å². The van der Waals surface area contributed by atoms with Crippen molar-refractivity contribution in [2.45, 2.75) is 84.6 Å². The summed E-state index contributed by atoms with van der Waals surface area (Å²) >= 11 is 0. The molecule has 0 fully saturated rings. The Morgan fingerprint density at radius 3 is 1.93 bits per heavy atom. The second kappa shape index (κ2) is 12.0. The molecule has 0 aliphatic carbocycles. The molecule has 0 spiro atoms.